The zero-order valence-electron chi connectivity index (χ0n) is 7.80. The van der Waals surface area contributed by atoms with Gasteiger partial charge in [-0.25, -0.2) is 0 Å². The molecule has 1 nitrogen and oxygen atoms in total. The van der Waals surface area contributed by atoms with Crippen LogP contribution in [0.15, 0.2) is 28.3 Å². The van der Waals surface area contributed by atoms with Crippen molar-refractivity contribution in [3.63, 3.8) is 0 Å². The average molecular weight is 161 g/mol. The van der Waals surface area contributed by atoms with Gasteiger partial charge in [0.25, 0.3) is 0 Å². The van der Waals surface area contributed by atoms with Crippen molar-refractivity contribution in [2.45, 2.75) is 26.7 Å². The lowest BCUT2D eigenvalue weighted by Gasteiger charge is -2.11. The second kappa shape index (κ2) is 2.89. The van der Waals surface area contributed by atoms with E-state index in [1.54, 1.807) is 0 Å². The zero-order valence-corrected chi connectivity index (χ0v) is 7.80. The number of rotatable bonds is 1. The Balaban J connectivity index is 2.30. The standard InChI is InChI=1S/C11H15N/c1-8(2)11-10-6-4-3-5-9(10)7-12-11/h5-6,8H,3-4,7H2,1-2H3. The summed E-state index contributed by atoms with van der Waals surface area (Å²) >= 11 is 0. The maximum atomic E-state index is 4.56. The van der Waals surface area contributed by atoms with Crippen LogP contribution in [-0.4, -0.2) is 12.3 Å². The molecule has 0 saturated heterocycles. The Labute approximate surface area is 73.9 Å². The normalized spacial score (nSPS) is 21.8. The summed E-state index contributed by atoms with van der Waals surface area (Å²) in [4.78, 5) is 4.56. The van der Waals surface area contributed by atoms with Crippen molar-refractivity contribution in [1.82, 2.24) is 0 Å². The molecule has 1 aliphatic carbocycles. The number of fused-ring (bicyclic) bond motifs is 1. The minimum atomic E-state index is 0.584. The highest BCUT2D eigenvalue weighted by Gasteiger charge is 2.21. The van der Waals surface area contributed by atoms with Crippen LogP contribution in [0.5, 0.6) is 0 Å². The molecule has 0 aromatic carbocycles. The topological polar surface area (TPSA) is 12.4 Å². The van der Waals surface area contributed by atoms with Gasteiger partial charge in [0.2, 0.25) is 0 Å². The SMILES string of the molecule is CC(C)C1=NCC2=CCCC=C21. The van der Waals surface area contributed by atoms with Crippen molar-refractivity contribution in [2.75, 3.05) is 6.54 Å². The average Bonchev–Trinajstić information content (AvgIpc) is 2.47. The van der Waals surface area contributed by atoms with E-state index in [-0.39, 0.29) is 0 Å². The quantitative estimate of drug-likeness (QED) is 0.560. The molecule has 0 fully saturated rings. The minimum absolute atomic E-state index is 0.584. The van der Waals surface area contributed by atoms with E-state index in [1.165, 1.54) is 29.7 Å². The third kappa shape index (κ3) is 1.13. The van der Waals surface area contributed by atoms with Gasteiger partial charge in [-0.3, -0.25) is 4.99 Å². The van der Waals surface area contributed by atoms with E-state index in [4.69, 9.17) is 0 Å². The van der Waals surface area contributed by atoms with E-state index in [0.29, 0.717) is 5.92 Å². The molecule has 0 amide bonds. The molecule has 1 heteroatoms. The molecule has 0 radical (unpaired) electrons. The van der Waals surface area contributed by atoms with Crippen molar-refractivity contribution in [1.29, 1.82) is 0 Å². The Hall–Kier alpha value is -0.850. The summed E-state index contributed by atoms with van der Waals surface area (Å²) in [6.07, 6.45) is 7.10. The molecule has 2 aliphatic rings. The van der Waals surface area contributed by atoms with Gasteiger partial charge in [-0.1, -0.05) is 26.0 Å². The van der Waals surface area contributed by atoms with Gasteiger partial charge in [0.15, 0.2) is 0 Å². The van der Waals surface area contributed by atoms with Gasteiger partial charge < -0.3 is 0 Å². The molecular formula is C11H15N. The van der Waals surface area contributed by atoms with Crippen LogP contribution in [0, 0.1) is 5.92 Å². The summed E-state index contributed by atoms with van der Waals surface area (Å²) in [5.74, 6) is 0.584. The molecule has 0 spiro atoms. The van der Waals surface area contributed by atoms with Crippen molar-refractivity contribution in [3.05, 3.63) is 23.3 Å². The van der Waals surface area contributed by atoms with E-state index >= 15 is 0 Å². The van der Waals surface area contributed by atoms with Crippen LogP contribution in [0.4, 0.5) is 0 Å². The van der Waals surface area contributed by atoms with Crippen molar-refractivity contribution < 1.29 is 0 Å². The predicted octanol–water partition coefficient (Wildman–Crippen LogP) is 2.74. The summed E-state index contributed by atoms with van der Waals surface area (Å²) in [6.45, 7) is 5.37. The highest BCUT2D eigenvalue weighted by molar-refractivity contribution is 6.07. The first-order valence-electron chi connectivity index (χ1n) is 4.73. The molecule has 2 rings (SSSR count). The second-order valence-electron chi connectivity index (χ2n) is 3.78. The van der Waals surface area contributed by atoms with Gasteiger partial charge >= 0.3 is 0 Å². The predicted molar refractivity (Wildman–Crippen MR) is 52.5 cm³/mol. The van der Waals surface area contributed by atoms with Crippen molar-refractivity contribution >= 4 is 5.71 Å². The van der Waals surface area contributed by atoms with Gasteiger partial charge in [-0.2, -0.15) is 0 Å². The van der Waals surface area contributed by atoms with E-state index in [1.807, 2.05) is 0 Å². The van der Waals surface area contributed by atoms with Gasteiger partial charge in [0.05, 0.1) is 6.54 Å². The molecular weight excluding hydrogens is 146 g/mol. The first-order chi connectivity index (χ1) is 5.79. The van der Waals surface area contributed by atoms with Crippen molar-refractivity contribution in [2.24, 2.45) is 10.9 Å². The summed E-state index contributed by atoms with van der Waals surface area (Å²) in [5, 5.41) is 0. The van der Waals surface area contributed by atoms with Gasteiger partial charge in [0.1, 0.15) is 0 Å². The van der Waals surface area contributed by atoms with Gasteiger partial charge in [0, 0.05) is 5.71 Å². The Bertz CT molecular complexity index is 279. The largest absolute Gasteiger partial charge is 0.284 e. The number of hydrogen-bond acceptors (Lipinski definition) is 1. The van der Waals surface area contributed by atoms with E-state index in [9.17, 15) is 0 Å². The zero-order chi connectivity index (χ0) is 8.55. The first kappa shape index (κ1) is 7.78. The molecule has 0 aromatic heterocycles. The highest BCUT2D eigenvalue weighted by Crippen LogP contribution is 2.28. The Morgan fingerprint density at radius 2 is 2.00 bits per heavy atom. The fourth-order valence-electron chi connectivity index (χ4n) is 1.89. The molecule has 0 atom stereocenters. The Morgan fingerprint density at radius 1 is 1.25 bits per heavy atom. The number of aliphatic imine (C=N–C) groups is 1. The van der Waals surface area contributed by atoms with Crippen LogP contribution in [0.2, 0.25) is 0 Å². The fraction of sp³-hybridized carbons (Fsp3) is 0.545. The van der Waals surface area contributed by atoms with E-state index in [0.717, 1.165) is 6.54 Å². The minimum Gasteiger partial charge on any atom is -0.284 e. The van der Waals surface area contributed by atoms with Crippen LogP contribution < -0.4 is 0 Å². The number of hydrogen-bond donors (Lipinski definition) is 0. The maximum Gasteiger partial charge on any atom is 0.0646 e. The Morgan fingerprint density at radius 3 is 2.75 bits per heavy atom. The molecule has 0 unspecified atom stereocenters. The number of allylic oxidation sites excluding steroid dienone is 2. The van der Waals surface area contributed by atoms with E-state index in [2.05, 4.69) is 31.0 Å². The van der Waals surface area contributed by atoms with Crippen molar-refractivity contribution in [3.8, 4) is 0 Å². The molecule has 0 aromatic rings. The summed E-state index contributed by atoms with van der Waals surface area (Å²) in [7, 11) is 0. The molecule has 0 saturated carbocycles. The molecule has 0 bridgehead atoms. The maximum absolute atomic E-state index is 4.56. The van der Waals surface area contributed by atoms with E-state index < -0.39 is 0 Å². The van der Waals surface area contributed by atoms with Crippen LogP contribution in [-0.2, 0) is 0 Å². The lowest BCUT2D eigenvalue weighted by Crippen LogP contribution is -2.08. The van der Waals surface area contributed by atoms with Crippen LogP contribution in [0.3, 0.4) is 0 Å². The lowest BCUT2D eigenvalue weighted by molar-refractivity contribution is 0.884. The molecule has 12 heavy (non-hydrogen) atoms. The van der Waals surface area contributed by atoms with Crippen LogP contribution >= 0.6 is 0 Å². The molecule has 1 heterocycles. The Kier molecular flexibility index (Phi) is 1.87. The fourth-order valence-corrected chi connectivity index (χ4v) is 1.89. The summed E-state index contributed by atoms with van der Waals surface area (Å²) < 4.78 is 0. The second-order valence-corrected chi connectivity index (χ2v) is 3.78. The van der Waals surface area contributed by atoms with Crippen LogP contribution in [0.25, 0.3) is 0 Å². The lowest BCUT2D eigenvalue weighted by atomic mass is 9.92. The smallest absolute Gasteiger partial charge is 0.0646 e. The van der Waals surface area contributed by atoms with Gasteiger partial charge in [-0.15, -0.1) is 0 Å². The third-order valence-corrected chi connectivity index (χ3v) is 2.49. The monoisotopic (exact) mass is 161 g/mol. The summed E-state index contributed by atoms with van der Waals surface area (Å²) in [6, 6.07) is 0. The summed E-state index contributed by atoms with van der Waals surface area (Å²) in [5.41, 5.74) is 4.22. The molecule has 0 N–H and O–H groups in total. The van der Waals surface area contributed by atoms with Crippen LogP contribution in [0.1, 0.15) is 26.7 Å². The third-order valence-electron chi connectivity index (χ3n) is 2.49. The molecule has 64 valence electrons. The highest BCUT2D eigenvalue weighted by atomic mass is 14.8. The number of nitrogens with zero attached hydrogens (tertiary/aromatic N) is 1. The van der Waals surface area contributed by atoms with Gasteiger partial charge in [-0.05, 0) is 29.9 Å². The first-order valence-corrected chi connectivity index (χ1v) is 4.73. The molecule has 1 aliphatic heterocycles.